The van der Waals surface area contributed by atoms with Crippen molar-refractivity contribution in [3.05, 3.63) is 59.7 Å². The third-order valence-corrected chi connectivity index (χ3v) is 6.17. The zero-order valence-corrected chi connectivity index (χ0v) is 16.3. The largest absolute Gasteiger partial charge is 0.344 e. The summed E-state index contributed by atoms with van der Waals surface area (Å²) >= 11 is 0. The zero-order valence-electron chi connectivity index (χ0n) is 15.5. The van der Waals surface area contributed by atoms with Crippen LogP contribution in [0.4, 0.5) is 0 Å². The number of sulfonamides is 1. The number of rotatable bonds is 5. The Morgan fingerprint density at radius 3 is 2.48 bits per heavy atom. The molecule has 0 aromatic carbocycles. The van der Waals surface area contributed by atoms with Crippen LogP contribution in [-0.4, -0.2) is 47.9 Å². The average molecular weight is 388 g/mol. The highest BCUT2D eigenvalue weighted by atomic mass is 32.2. The van der Waals surface area contributed by atoms with Gasteiger partial charge in [-0.15, -0.1) is 0 Å². The lowest BCUT2D eigenvalue weighted by atomic mass is 9.94. The average Bonchev–Trinajstić information content (AvgIpc) is 2.68. The predicted octanol–water partition coefficient (Wildman–Crippen LogP) is 2.11. The number of carbonyl (C=O) groups is 1. The minimum atomic E-state index is -3.13. The van der Waals surface area contributed by atoms with Crippen molar-refractivity contribution in [1.82, 2.24) is 19.6 Å². The molecule has 1 aliphatic rings. The van der Waals surface area contributed by atoms with Crippen LogP contribution in [0.25, 0.3) is 0 Å². The van der Waals surface area contributed by atoms with Crippen LogP contribution in [0, 0.1) is 0 Å². The Kier molecular flexibility index (Phi) is 5.86. The highest BCUT2D eigenvalue weighted by Gasteiger charge is 2.26. The van der Waals surface area contributed by atoms with Gasteiger partial charge in [-0.2, -0.15) is 0 Å². The van der Waals surface area contributed by atoms with E-state index in [2.05, 4.69) is 15.3 Å². The Morgan fingerprint density at radius 1 is 1.19 bits per heavy atom. The lowest BCUT2D eigenvalue weighted by Crippen LogP contribution is -2.37. The first kappa shape index (κ1) is 19.4. The Morgan fingerprint density at radius 2 is 1.93 bits per heavy atom. The number of carbonyl (C=O) groups excluding carboxylic acids is 1. The summed E-state index contributed by atoms with van der Waals surface area (Å²) in [7, 11) is -3.13. The van der Waals surface area contributed by atoms with Crippen LogP contribution in [0.5, 0.6) is 0 Å². The van der Waals surface area contributed by atoms with E-state index >= 15 is 0 Å². The molecule has 144 valence electrons. The summed E-state index contributed by atoms with van der Waals surface area (Å²) in [6, 6.07) is 9.03. The molecular weight excluding hydrogens is 364 g/mol. The number of aromatic nitrogens is 2. The van der Waals surface area contributed by atoms with Crippen molar-refractivity contribution < 1.29 is 13.2 Å². The number of hydrogen-bond acceptors (Lipinski definition) is 5. The minimum Gasteiger partial charge on any atom is -0.344 e. The van der Waals surface area contributed by atoms with Crippen LogP contribution in [0.3, 0.4) is 0 Å². The van der Waals surface area contributed by atoms with Crippen molar-refractivity contribution in [2.75, 3.05) is 19.3 Å². The second-order valence-corrected chi connectivity index (χ2v) is 8.84. The fourth-order valence-electron chi connectivity index (χ4n) is 3.25. The van der Waals surface area contributed by atoms with Gasteiger partial charge >= 0.3 is 0 Å². The van der Waals surface area contributed by atoms with Gasteiger partial charge in [0.1, 0.15) is 0 Å². The quantitative estimate of drug-likeness (QED) is 0.847. The molecule has 8 heteroatoms. The van der Waals surface area contributed by atoms with E-state index in [0.717, 1.165) is 24.2 Å². The molecule has 0 saturated carbocycles. The molecule has 2 aromatic rings. The first-order valence-electron chi connectivity index (χ1n) is 8.97. The molecular formula is C19H24N4O3S. The van der Waals surface area contributed by atoms with Gasteiger partial charge in [-0.1, -0.05) is 6.07 Å². The van der Waals surface area contributed by atoms with Gasteiger partial charge in [-0.3, -0.25) is 14.8 Å². The summed E-state index contributed by atoms with van der Waals surface area (Å²) in [5.41, 5.74) is 2.20. The molecule has 3 rings (SSSR count). The number of nitrogens with one attached hydrogen (secondary N) is 1. The smallest absolute Gasteiger partial charge is 0.253 e. The molecule has 1 saturated heterocycles. The molecule has 27 heavy (non-hydrogen) atoms. The van der Waals surface area contributed by atoms with Gasteiger partial charge in [0.25, 0.3) is 5.91 Å². The molecule has 0 spiro atoms. The molecule has 1 N–H and O–H groups in total. The maximum absolute atomic E-state index is 12.4. The Balaban J connectivity index is 1.60. The summed E-state index contributed by atoms with van der Waals surface area (Å²) in [4.78, 5) is 21.1. The lowest BCUT2D eigenvalue weighted by Gasteiger charge is -2.29. The van der Waals surface area contributed by atoms with Crippen molar-refractivity contribution in [2.45, 2.75) is 31.7 Å². The van der Waals surface area contributed by atoms with Gasteiger partial charge in [0.2, 0.25) is 10.0 Å². The van der Waals surface area contributed by atoms with Crippen molar-refractivity contribution in [2.24, 2.45) is 0 Å². The number of pyridine rings is 2. The fourth-order valence-corrected chi connectivity index (χ4v) is 4.12. The van der Waals surface area contributed by atoms with E-state index < -0.39 is 10.0 Å². The van der Waals surface area contributed by atoms with Crippen LogP contribution in [-0.2, 0) is 10.0 Å². The molecule has 7 nitrogen and oxygen atoms in total. The van der Waals surface area contributed by atoms with Crippen molar-refractivity contribution in [3.8, 4) is 0 Å². The zero-order chi connectivity index (χ0) is 19.4. The van der Waals surface area contributed by atoms with Gasteiger partial charge in [-0.25, -0.2) is 12.7 Å². The number of hydrogen-bond donors (Lipinski definition) is 1. The monoisotopic (exact) mass is 388 g/mol. The van der Waals surface area contributed by atoms with Crippen LogP contribution >= 0.6 is 0 Å². The van der Waals surface area contributed by atoms with Gasteiger partial charge in [0, 0.05) is 37.1 Å². The Hall–Kier alpha value is -2.32. The third kappa shape index (κ3) is 4.90. The van der Waals surface area contributed by atoms with Gasteiger partial charge < -0.3 is 5.32 Å². The van der Waals surface area contributed by atoms with E-state index in [4.69, 9.17) is 0 Å². The van der Waals surface area contributed by atoms with Gasteiger partial charge in [-0.05, 0) is 44.0 Å². The van der Waals surface area contributed by atoms with E-state index in [1.165, 1.54) is 10.6 Å². The van der Waals surface area contributed by atoms with Crippen molar-refractivity contribution in [1.29, 1.82) is 0 Å². The maximum Gasteiger partial charge on any atom is 0.253 e. The molecule has 0 aliphatic carbocycles. The molecule has 1 amide bonds. The molecule has 1 fully saturated rings. The van der Waals surface area contributed by atoms with E-state index in [9.17, 15) is 13.2 Å². The lowest BCUT2D eigenvalue weighted by molar-refractivity contribution is 0.0938. The third-order valence-electron chi connectivity index (χ3n) is 4.87. The van der Waals surface area contributed by atoms with Gasteiger partial charge in [0.15, 0.2) is 0 Å². The maximum atomic E-state index is 12.4. The van der Waals surface area contributed by atoms with E-state index in [1.54, 1.807) is 18.5 Å². The standard InChI is InChI=1S/C19H24N4O3S/c1-14(17-5-3-4-10-20-17)22-19(24)16-6-7-18(21-13-16)15-8-11-23(12-9-15)27(2,25)26/h3-7,10,13-15H,8-9,11-12H2,1-2H3,(H,22,24)/t14-/m0/s1. The molecule has 0 unspecified atom stereocenters. The van der Waals surface area contributed by atoms with E-state index in [1.807, 2.05) is 31.2 Å². The van der Waals surface area contributed by atoms with Crippen molar-refractivity contribution in [3.63, 3.8) is 0 Å². The predicted molar refractivity (Wildman–Crippen MR) is 103 cm³/mol. The fraction of sp³-hybridized carbons (Fsp3) is 0.421. The van der Waals surface area contributed by atoms with Crippen molar-refractivity contribution >= 4 is 15.9 Å². The summed E-state index contributed by atoms with van der Waals surface area (Å²) in [6.07, 6.45) is 6.00. The number of nitrogens with zero attached hydrogens (tertiary/aromatic N) is 3. The van der Waals surface area contributed by atoms with E-state index in [-0.39, 0.29) is 17.9 Å². The van der Waals surface area contributed by atoms with Crippen LogP contribution < -0.4 is 5.32 Å². The van der Waals surface area contributed by atoms with Crippen LogP contribution in [0.2, 0.25) is 0 Å². The van der Waals surface area contributed by atoms with E-state index in [0.29, 0.717) is 18.7 Å². The molecule has 1 aliphatic heterocycles. The highest BCUT2D eigenvalue weighted by Crippen LogP contribution is 2.27. The number of amides is 1. The second kappa shape index (κ2) is 8.14. The van der Waals surface area contributed by atoms with Gasteiger partial charge in [0.05, 0.1) is 23.6 Å². The Bertz CT molecular complexity index is 877. The van der Waals surface area contributed by atoms with Crippen LogP contribution in [0.15, 0.2) is 42.7 Å². The Labute approximate surface area is 159 Å². The summed E-state index contributed by atoms with van der Waals surface area (Å²) in [5.74, 6) is 0.0200. The first-order chi connectivity index (χ1) is 12.8. The number of piperidine rings is 1. The molecule has 3 heterocycles. The highest BCUT2D eigenvalue weighted by molar-refractivity contribution is 7.88. The normalized spacial score (nSPS) is 17.4. The SMILES string of the molecule is C[C@H](NC(=O)c1ccc(C2CCN(S(C)(=O)=O)CC2)nc1)c1ccccn1. The summed E-state index contributed by atoms with van der Waals surface area (Å²) in [6.45, 7) is 2.90. The molecule has 1 atom stereocenters. The topological polar surface area (TPSA) is 92.3 Å². The summed E-state index contributed by atoms with van der Waals surface area (Å²) < 4.78 is 24.7. The molecule has 0 bridgehead atoms. The molecule has 0 radical (unpaired) electrons. The first-order valence-corrected chi connectivity index (χ1v) is 10.8. The summed E-state index contributed by atoms with van der Waals surface area (Å²) in [5, 5.41) is 2.92. The minimum absolute atomic E-state index is 0.195. The molecule has 2 aromatic heterocycles. The second-order valence-electron chi connectivity index (χ2n) is 6.86. The van der Waals surface area contributed by atoms with Crippen LogP contribution in [0.1, 0.15) is 53.5 Å².